The maximum atomic E-state index is 13.4. The van der Waals surface area contributed by atoms with Gasteiger partial charge in [-0.2, -0.15) is 0 Å². The Bertz CT molecular complexity index is 619. The second kappa shape index (κ2) is 4.79. The lowest BCUT2D eigenvalue weighted by atomic mass is 10.1. The van der Waals surface area contributed by atoms with Crippen molar-refractivity contribution in [3.05, 3.63) is 47.4 Å². The highest BCUT2D eigenvalue weighted by Crippen LogP contribution is 2.19. The Balaban J connectivity index is 2.49. The number of carbonyl (C=O) groups is 1. The Morgan fingerprint density at radius 1 is 1.39 bits per heavy atom. The van der Waals surface area contributed by atoms with Gasteiger partial charge in [0.2, 0.25) is 5.89 Å². The van der Waals surface area contributed by atoms with Crippen molar-refractivity contribution in [1.29, 1.82) is 0 Å². The van der Waals surface area contributed by atoms with E-state index in [0.29, 0.717) is 0 Å². The molecule has 0 fully saturated rings. The molecule has 0 bridgehead atoms. The molecule has 0 saturated carbocycles. The maximum absolute atomic E-state index is 13.4. The maximum Gasteiger partial charge on any atom is 0.341 e. The summed E-state index contributed by atoms with van der Waals surface area (Å²) >= 11 is 0. The number of aromatic nitrogens is 2. The predicted octanol–water partition coefficient (Wildman–Crippen LogP) is 2.14. The normalized spacial score (nSPS) is 11.6. The van der Waals surface area contributed by atoms with Gasteiger partial charge >= 0.3 is 5.97 Å². The van der Waals surface area contributed by atoms with Crippen molar-refractivity contribution < 1.29 is 18.7 Å². The zero-order valence-corrected chi connectivity index (χ0v) is 9.42. The predicted molar refractivity (Wildman–Crippen MR) is 60.9 cm³/mol. The van der Waals surface area contributed by atoms with E-state index in [2.05, 4.69) is 10.2 Å². The third-order valence-electron chi connectivity index (χ3n) is 2.19. The van der Waals surface area contributed by atoms with Gasteiger partial charge in [0.05, 0.1) is 0 Å². The molecule has 0 unspecified atom stereocenters. The number of benzene rings is 1. The summed E-state index contributed by atoms with van der Waals surface area (Å²) in [6, 6.07) is 5.82. The number of aliphatic carboxylic acids is 1. The van der Waals surface area contributed by atoms with E-state index in [1.165, 1.54) is 18.2 Å². The number of nitrogens with zero attached hydrogens (tertiary/aromatic N) is 2. The molecular weight excluding hydrogens is 239 g/mol. The molecule has 2 aromatic rings. The number of carboxylic acids is 1. The lowest BCUT2D eigenvalue weighted by Gasteiger charge is -1.98. The van der Waals surface area contributed by atoms with Gasteiger partial charge in [0.15, 0.2) is 0 Å². The summed E-state index contributed by atoms with van der Waals surface area (Å²) in [6.07, 6.45) is 1.16. The van der Waals surface area contributed by atoms with Gasteiger partial charge in [-0.3, -0.25) is 0 Å². The summed E-state index contributed by atoms with van der Waals surface area (Å²) < 4.78 is 18.5. The zero-order chi connectivity index (χ0) is 13.1. The van der Waals surface area contributed by atoms with Gasteiger partial charge in [-0.1, -0.05) is 18.2 Å². The molecule has 0 aliphatic heterocycles. The Morgan fingerprint density at radius 2 is 2.11 bits per heavy atom. The van der Waals surface area contributed by atoms with Crippen LogP contribution < -0.4 is 0 Å². The summed E-state index contributed by atoms with van der Waals surface area (Å²) in [6.45, 7) is 1.54. The van der Waals surface area contributed by atoms with Crippen LogP contribution in [-0.2, 0) is 4.79 Å². The summed E-state index contributed by atoms with van der Waals surface area (Å²) in [4.78, 5) is 11.1. The lowest BCUT2D eigenvalue weighted by molar-refractivity contribution is -0.130. The largest absolute Gasteiger partial charge is 0.477 e. The van der Waals surface area contributed by atoms with E-state index in [1.54, 1.807) is 13.0 Å². The van der Waals surface area contributed by atoms with Crippen LogP contribution in [0.2, 0.25) is 0 Å². The van der Waals surface area contributed by atoms with Crippen LogP contribution in [0, 0.1) is 12.7 Å². The Labute approximate surface area is 102 Å². The molecule has 6 heteroatoms. The van der Waals surface area contributed by atoms with Gasteiger partial charge in [-0.05, 0) is 12.1 Å². The highest BCUT2D eigenvalue weighted by molar-refractivity contribution is 6.19. The van der Waals surface area contributed by atoms with Gasteiger partial charge in [0, 0.05) is 12.5 Å². The lowest BCUT2D eigenvalue weighted by Crippen LogP contribution is -2.00. The van der Waals surface area contributed by atoms with Crippen molar-refractivity contribution in [2.75, 3.05) is 0 Å². The number of hydrogen-bond acceptors (Lipinski definition) is 4. The molecule has 0 radical (unpaired) electrons. The molecule has 2 rings (SSSR count). The molecule has 1 aromatic carbocycles. The molecule has 0 saturated heterocycles. The van der Waals surface area contributed by atoms with Crippen molar-refractivity contribution in [1.82, 2.24) is 10.2 Å². The average molecular weight is 248 g/mol. The monoisotopic (exact) mass is 248 g/mol. The Hall–Kier alpha value is -2.50. The number of halogens is 1. The third kappa shape index (κ3) is 2.42. The zero-order valence-electron chi connectivity index (χ0n) is 9.42. The first kappa shape index (κ1) is 12.0. The molecule has 0 amide bonds. The molecule has 18 heavy (non-hydrogen) atoms. The third-order valence-corrected chi connectivity index (χ3v) is 2.19. The minimum atomic E-state index is -1.26. The Kier molecular flexibility index (Phi) is 3.18. The molecule has 0 aliphatic rings. The van der Waals surface area contributed by atoms with E-state index in [-0.39, 0.29) is 22.9 Å². The molecule has 1 N–H and O–H groups in total. The summed E-state index contributed by atoms with van der Waals surface area (Å²) in [5.74, 6) is -1.69. The smallest absolute Gasteiger partial charge is 0.341 e. The van der Waals surface area contributed by atoms with E-state index in [0.717, 1.165) is 6.08 Å². The fourth-order valence-electron chi connectivity index (χ4n) is 1.37. The van der Waals surface area contributed by atoms with Crippen molar-refractivity contribution in [2.45, 2.75) is 6.92 Å². The molecule has 1 aromatic heterocycles. The quantitative estimate of drug-likeness (QED) is 0.842. The molecular formula is C12H9FN2O3. The Morgan fingerprint density at radius 3 is 2.67 bits per heavy atom. The van der Waals surface area contributed by atoms with Gasteiger partial charge < -0.3 is 9.52 Å². The van der Waals surface area contributed by atoms with Gasteiger partial charge in [0.25, 0.3) is 5.89 Å². The van der Waals surface area contributed by atoms with Crippen LogP contribution in [0.3, 0.4) is 0 Å². The SMILES string of the molecule is Cc1nnc(/C(=C/c2ccccc2F)C(=O)O)o1. The topological polar surface area (TPSA) is 76.2 Å². The van der Waals surface area contributed by atoms with E-state index in [9.17, 15) is 9.18 Å². The van der Waals surface area contributed by atoms with Crippen LogP contribution >= 0.6 is 0 Å². The molecule has 0 spiro atoms. The standard InChI is InChI=1S/C12H9FN2O3/c1-7-14-15-11(18-7)9(12(16)17)6-8-4-2-3-5-10(8)13/h2-6H,1H3,(H,16,17)/b9-6-. The minimum absolute atomic E-state index is 0.144. The molecule has 92 valence electrons. The van der Waals surface area contributed by atoms with Crippen LogP contribution in [0.4, 0.5) is 4.39 Å². The van der Waals surface area contributed by atoms with Crippen molar-refractivity contribution in [3.8, 4) is 0 Å². The highest BCUT2D eigenvalue weighted by Gasteiger charge is 2.17. The molecule has 5 nitrogen and oxygen atoms in total. The summed E-state index contributed by atoms with van der Waals surface area (Å²) in [7, 11) is 0. The van der Waals surface area contributed by atoms with E-state index in [1.807, 2.05) is 0 Å². The number of rotatable bonds is 3. The van der Waals surface area contributed by atoms with Crippen LogP contribution in [-0.4, -0.2) is 21.3 Å². The summed E-state index contributed by atoms with van der Waals surface area (Å²) in [5.41, 5.74) is -0.105. The summed E-state index contributed by atoms with van der Waals surface area (Å²) in [5, 5.41) is 16.2. The van der Waals surface area contributed by atoms with Crippen LogP contribution in [0.5, 0.6) is 0 Å². The van der Waals surface area contributed by atoms with Gasteiger partial charge in [0.1, 0.15) is 11.4 Å². The van der Waals surface area contributed by atoms with E-state index >= 15 is 0 Å². The molecule has 0 aliphatic carbocycles. The number of aryl methyl sites for hydroxylation is 1. The van der Waals surface area contributed by atoms with Gasteiger partial charge in [-0.15, -0.1) is 10.2 Å². The van der Waals surface area contributed by atoms with Crippen molar-refractivity contribution >= 4 is 17.6 Å². The first-order chi connectivity index (χ1) is 8.58. The minimum Gasteiger partial charge on any atom is -0.477 e. The first-order valence-electron chi connectivity index (χ1n) is 5.08. The second-order valence-corrected chi connectivity index (χ2v) is 3.51. The first-order valence-corrected chi connectivity index (χ1v) is 5.08. The second-order valence-electron chi connectivity index (χ2n) is 3.51. The van der Waals surface area contributed by atoms with Crippen LogP contribution in [0.1, 0.15) is 17.3 Å². The average Bonchev–Trinajstić information content (AvgIpc) is 2.74. The van der Waals surface area contributed by atoms with E-state index < -0.39 is 11.8 Å². The van der Waals surface area contributed by atoms with Crippen molar-refractivity contribution in [3.63, 3.8) is 0 Å². The number of carboxylic acid groups (broad SMARTS) is 1. The van der Waals surface area contributed by atoms with E-state index in [4.69, 9.17) is 9.52 Å². The highest BCUT2D eigenvalue weighted by atomic mass is 19.1. The van der Waals surface area contributed by atoms with Crippen molar-refractivity contribution in [2.24, 2.45) is 0 Å². The van der Waals surface area contributed by atoms with Crippen LogP contribution in [0.15, 0.2) is 28.7 Å². The fourth-order valence-corrected chi connectivity index (χ4v) is 1.37. The molecule has 0 atom stereocenters. The fraction of sp³-hybridized carbons (Fsp3) is 0.0833. The number of hydrogen-bond donors (Lipinski definition) is 1. The van der Waals surface area contributed by atoms with Gasteiger partial charge in [-0.25, -0.2) is 9.18 Å². The van der Waals surface area contributed by atoms with Crippen LogP contribution in [0.25, 0.3) is 11.6 Å². The molecule has 1 heterocycles.